The smallest absolute Gasteiger partial charge is 0.197 e. The normalized spacial score (nSPS) is 19.7. The number of nitriles is 1. The van der Waals surface area contributed by atoms with Gasteiger partial charge in [0.15, 0.2) is 6.29 Å². The molecule has 0 aromatic heterocycles. The van der Waals surface area contributed by atoms with Crippen molar-refractivity contribution in [2.24, 2.45) is 4.99 Å². The standard InChI is InChI=1S/C24H27N5O/c1-18-17-29(16-13-25)24(27-23(18)19-5-3-2-4-6-19)26-20-7-9-21(10-8-20)28-14-11-22(30)12-15-28/h2-10,17,22,24,26,30H,11-12,14-16H2,1H3. The Bertz CT molecular complexity index is 953. The molecule has 2 aliphatic rings. The van der Waals surface area contributed by atoms with Crippen LogP contribution in [0, 0.1) is 11.3 Å². The molecule has 1 fully saturated rings. The van der Waals surface area contributed by atoms with Crippen molar-refractivity contribution >= 4 is 17.1 Å². The van der Waals surface area contributed by atoms with Crippen molar-refractivity contribution in [1.82, 2.24) is 4.90 Å². The van der Waals surface area contributed by atoms with Crippen LogP contribution in [0.2, 0.25) is 0 Å². The fourth-order valence-corrected chi connectivity index (χ4v) is 3.95. The second kappa shape index (κ2) is 9.02. The number of hydrogen-bond acceptors (Lipinski definition) is 6. The second-order valence-electron chi connectivity index (χ2n) is 7.77. The molecule has 0 bridgehead atoms. The van der Waals surface area contributed by atoms with E-state index in [1.54, 1.807) is 0 Å². The zero-order valence-electron chi connectivity index (χ0n) is 17.2. The van der Waals surface area contributed by atoms with Gasteiger partial charge in [-0.15, -0.1) is 0 Å². The van der Waals surface area contributed by atoms with Crippen LogP contribution in [0.3, 0.4) is 0 Å². The summed E-state index contributed by atoms with van der Waals surface area (Å²) in [6.45, 7) is 4.04. The van der Waals surface area contributed by atoms with Crippen LogP contribution in [-0.2, 0) is 0 Å². The lowest BCUT2D eigenvalue weighted by atomic mass is 10.0. The zero-order valence-corrected chi connectivity index (χ0v) is 17.2. The number of anilines is 2. The Kier molecular flexibility index (Phi) is 6.01. The molecule has 1 atom stereocenters. The number of allylic oxidation sites excluding steroid dienone is 1. The van der Waals surface area contributed by atoms with E-state index in [4.69, 9.17) is 4.99 Å². The van der Waals surface area contributed by atoms with Crippen LogP contribution >= 0.6 is 0 Å². The zero-order chi connectivity index (χ0) is 20.9. The molecule has 30 heavy (non-hydrogen) atoms. The Hall–Kier alpha value is -3.30. The summed E-state index contributed by atoms with van der Waals surface area (Å²) in [6.07, 6.45) is 3.11. The highest BCUT2D eigenvalue weighted by molar-refractivity contribution is 6.12. The summed E-state index contributed by atoms with van der Waals surface area (Å²) in [7, 11) is 0. The first-order chi connectivity index (χ1) is 14.6. The third-order valence-electron chi connectivity index (χ3n) is 5.59. The maximum Gasteiger partial charge on any atom is 0.197 e. The fourth-order valence-electron chi connectivity index (χ4n) is 3.95. The molecule has 0 amide bonds. The number of rotatable bonds is 5. The van der Waals surface area contributed by atoms with E-state index in [0.717, 1.165) is 54.2 Å². The first-order valence-corrected chi connectivity index (χ1v) is 10.4. The largest absolute Gasteiger partial charge is 0.393 e. The van der Waals surface area contributed by atoms with Gasteiger partial charge in [-0.2, -0.15) is 5.26 Å². The van der Waals surface area contributed by atoms with Crippen molar-refractivity contribution in [3.63, 3.8) is 0 Å². The number of piperidine rings is 1. The monoisotopic (exact) mass is 401 g/mol. The number of aliphatic hydroxyl groups excluding tert-OH is 1. The Morgan fingerprint density at radius 3 is 2.47 bits per heavy atom. The fraction of sp³-hybridized carbons (Fsp3) is 0.333. The molecule has 2 aliphatic heterocycles. The van der Waals surface area contributed by atoms with E-state index in [0.29, 0.717) is 0 Å². The molecule has 2 aromatic rings. The van der Waals surface area contributed by atoms with Crippen molar-refractivity contribution in [2.75, 3.05) is 29.9 Å². The van der Waals surface area contributed by atoms with E-state index in [2.05, 4.69) is 40.6 Å². The minimum Gasteiger partial charge on any atom is -0.393 e. The molecule has 0 saturated carbocycles. The van der Waals surface area contributed by atoms with Crippen LogP contribution in [0.15, 0.2) is 71.4 Å². The van der Waals surface area contributed by atoms with Gasteiger partial charge in [-0.3, -0.25) is 0 Å². The Morgan fingerprint density at radius 1 is 1.10 bits per heavy atom. The van der Waals surface area contributed by atoms with Gasteiger partial charge >= 0.3 is 0 Å². The van der Waals surface area contributed by atoms with Crippen molar-refractivity contribution in [3.05, 3.63) is 71.9 Å². The number of nitrogens with zero attached hydrogens (tertiary/aromatic N) is 4. The third kappa shape index (κ3) is 4.47. The highest BCUT2D eigenvalue weighted by Gasteiger charge is 2.23. The molecule has 0 radical (unpaired) electrons. The summed E-state index contributed by atoms with van der Waals surface area (Å²) in [5.74, 6) is 0. The van der Waals surface area contributed by atoms with Crippen LogP contribution in [-0.4, -0.2) is 47.7 Å². The number of benzene rings is 2. The van der Waals surface area contributed by atoms with E-state index in [-0.39, 0.29) is 18.9 Å². The van der Waals surface area contributed by atoms with Gasteiger partial charge in [0.25, 0.3) is 0 Å². The summed E-state index contributed by atoms with van der Waals surface area (Å²) in [5, 5.41) is 22.4. The first kappa shape index (κ1) is 20.0. The highest BCUT2D eigenvalue weighted by Crippen LogP contribution is 2.24. The van der Waals surface area contributed by atoms with Crippen LogP contribution in [0.4, 0.5) is 11.4 Å². The molecule has 1 unspecified atom stereocenters. The van der Waals surface area contributed by atoms with Crippen LogP contribution < -0.4 is 10.2 Å². The highest BCUT2D eigenvalue weighted by atomic mass is 16.3. The summed E-state index contributed by atoms with van der Waals surface area (Å²) in [4.78, 5) is 9.14. The predicted octanol–water partition coefficient (Wildman–Crippen LogP) is 3.58. The number of nitrogens with one attached hydrogen (secondary N) is 1. The van der Waals surface area contributed by atoms with E-state index in [1.807, 2.05) is 48.4 Å². The lowest BCUT2D eigenvalue weighted by molar-refractivity contribution is 0.145. The summed E-state index contributed by atoms with van der Waals surface area (Å²) >= 11 is 0. The molecule has 6 nitrogen and oxygen atoms in total. The maximum atomic E-state index is 9.71. The predicted molar refractivity (Wildman–Crippen MR) is 120 cm³/mol. The molecule has 2 N–H and O–H groups in total. The average Bonchev–Trinajstić information content (AvgIpc) is 2.77. The van der Waals surface area contributed by atoms with Crippen LogP contribution in [0.1, 0.15) is 25.3 Å². The van der Waals surface area contributed by atoms with Gasteiger partial charge in [0.2, 0.25) is 0 Å². The SMILES string of the molecule is CC1=CN(CC#N)C(Nc2ccc(N3CCC(O)CC3)cc2)N=C1c1ccccc1. The first-order valence-electron chi connectivity index (χ1n) is 10.4. The van der Waals surface area contributed by atoms with Gasteiger partial charge in [0.1, 0.15) is 6.54 Å². The van der Waals surface area contributed by atoms with Gasteiger partial charge in [0, 0.05) is 36.2 Å². The number of hydrogen-bond donors (Lipinski definition) is 2. The van der Waals surface area contributed by atoms with Gasteiger partial charge in [0.05, 0.1) is 17.9 Å². The lowest BCUT2D eigenvalue weighted by Crippen LogP contribution is -2.40. The average molecular weight is 402 g/mol. The molecule has 2 aromatic carbocycles. The molecule has 154 valence electrons. The molecular formula is C24H27N5O. The van der Waals surface area contributed by atoms with Gasteiger partial charge in [-0.1, -0.05) is 30.3 Å². The minimum absolute atomic E-state index is 0.173. The number of aliphatic imine (C=N–C) groups is 1. The lowest BCUT2D eigenvalue weighted by Gasteiger charge is -2.33. The third-order valence-corrected chi connectivity index (χ3v) is 5.59. The van der Waals surface area contributed by atoms with Crippen molar-refractivity contribution < 1.29 is 5.11 Å². The molecule has 2 heterocycles. The van der Waals surface area contributed by atoms with Crippen molar-refractivity contribution in [2.45, 2.75) is 32.2 Å². The summed E-state index contributed by atoms with van der Waals surface area (Å²) in [6, 6.07) is 20.6. The van der Waals surface area contributed by atoms with E-state index >= 15 is 0 Å². The molecular weight excluding hydrogens is 374 g/mol. The molecule has 6 heteroatoms. The summed E-state index contributed by atoms with van der Waals surface area (Å²) < 4.78 is 0. The molecule has 4 rings (SSSR count). The van der Waals surface area contributed by atoms with Crippen LogP contribution in [0.25, 0.3) is 0 Å². The van der Waals surface area contributed by atoms with Crippen LogP contribution in [0.5, 0.6) is 0 Å². The van der Waals surface area contributed by atoms with Crippen molar-refractivity contribution in [1.29, 1.82) is 5.26 Å². The molecule has 0 aliphatic carbocycles. The second-order valence-corrected chi connectivity index (χ2v) is 7.77. The van der Waals surface area contributed by atoms with Gasteiger partial charge in [-0.05, 0) is 49.6 Å². The minimum atomic E-state index is -0.348. The van der Waals surface area contributed by atoms with Gasteiger partial charge < -0.3 is 20.2 Å². The van der Waals surface area contributed by atoms with Gasteiger partial charge in [-0.25, -0.2) is 4.99 Å². The maximum absolute atomic E-state index is 9.71. The molecule has 0 spiro atoms. The summed E-state index contributed by atoms with van der Waals surface area (Å²) in [5.41, 5.74) is 5.15. The topological polar surface area (TPSA) is 74.9 Å². The van der Waals surface area contributed by atoms with Crippen molar-refractivity contribution in [3.8, 4) is 6.07 Å². The Balaban J connectivity index is 1.52. The van der Waals surface area contributed by atoms with E-state index < -0.39 is 0 Å². The van der Waals surface area contributed by atoms with E-state index in [1.165, 1.54) is 0 Å². The Labute approximate surface area is 177 Å². The quantitative estimate of drug-likeness (QED) is 0.749. The molecule has 1 saturated heterocycles. The van der Waals surface area contributed by atoms with E-state index in [9.17, 15) is 10.4 Å². The number of aliphatic hydroxyl groups is 1. The Morgan fingerprint density at radius 2 is 1.80 bits per heavy atom.